The van der Waals surface area contributed by atoms with Crippen molar-refractivity contribution in [2.45, 2.75) is 11.6 Å². The summed E-state index contributed by atoms with van der Waals surface area (Å²) in [5, 5.41) is 7.89. The van der Waals surface area contributed by atoms with Crippen molar-refractivity contribution in [3.05, 3.63) is 58.8 Å². The minimum Gasteiger partial charge on any atom is -0.494 e. The van der Waals surface area contributed by atoms with E-state index in [1.54, 1.807) is 23.9 Å². The Morgan fingerprint density at radius 3 is 2.71 bits per heavy atom. The average molecular weight is 408 g/mol. The molecule has 24 heavy (non-hydrogen) atoms. The zero-order valence-corrected chi connectivity index (χ0v) is 15.1. The number of hydrogen-bond donors (Lipinski definition) is 1. The average Bonchev–Trinajstić information content (AvgIpc) is 3.05. The summed E-state index contributed by atoms with van der Waals surface area (Å²) >= 11 is 5.08. The van der Waals surface area contributed by atoms with Gasteiger partial charge in [0.2, 0.25) is 5.16 Å². The van der Waals surface area contributed by atoms with Crippen LogP contribution < -0.4 is 4.74 Å². The van der Waals surface area contributed by atoms with Gasteiger partial charge < -0.3 is 4.74 Å². The van der Waals surface area contributed by atoms with Gasteiger partial charge >= 0.3 is 0 Å². The van der Waals surface area contributed by atoms with E-state index < -0.39 is 0 Å². The monoisotopic (exact) mass is 407 g/mol. The number of nitrogens with zero attached hydrogens (tertiary/aromatic N) is 2. The Bertz CT molecular complexity index is 795. The van der Waals surface area contributed by atoms with Crippen LogP contribution in [0.1, 0.15) is 6.42 Å². The molecule has 7 heteroatoms. The SMILES string of the molecule is Fc1ccc(OCCCSc2n[nH]c(-c3ccccc3Br)n2)cc1. The van der Waals surface area contributed by atoms with Crippen LogP contribution in [0.3, 0.4) is 0 Å². The number of aromatic amines is 1. The van der Waals surface area contributed by atoms with Gasteiger partial charge in [0.15, 0.2) is 5.82 Å². The third kappa shape index (κ3) is 4.58. The molecule has 0 aliphatic carbocycles. The highest BCUT2D eigenvalue weighted by Crippen LogP contribution is 2.26. The molecule has 1 N–H and O–H groups in total. The number of H-pyrrole nitrogens is 1. The second-order valence-electron chi connectivity index (χ2n) is 4.95. The van der Waals surface area contributed by atoms with Crippen molar-refractivity contribution in [1.29, 1.82) is 0 Å². The maximum atomic E-state index is 12.8. The summed E-state index contributed by atoms with van der Waals surface area (Å²) in [5.74, 6) is 2.00. The minimum absolute atomic E-state index is 0.261. The van der Waals surface area contributed by atoms with E-state index in [2.05, 4.69) is 31.1 Å². The molecule has 0 saturated heterocycles. The van der Waals surface area contributed by atoms with Crippen LogP contribution in [0.2, 0.25) is 0 Å². The van der Waals surface area contributed by atoms with Crippen molar-refractivity contribution < 1.29 is 9.13 Å². The van der Waals surface area contributed by atoms with Gasteiger partial charge in [-0.1, -0.05) is 45.9 Å². The Morgan fingerprint density at radius 1 is 1.12 bits per heavy atom. The lowest BCUT2D eigenvalue weighted by Gasteiger charge is -2.04. The normalized spacial score (nSPS) is 10.8. The summed E-state index contributed by atoms with van der Waals surface area (Å²) in [6.45, 7) is 0.570. The van der Waals surface area contributed by atoms with Crippen LogP contribution in [0.15, 0.2) is 58.2 Å². The van der Waals surface area contributed by atoms with Crippen LogP contribution in [-0.2, 0) is 0 Å². The lowest BCUT2D eigenvalue weighted by Crippen LogP contribution is -1.98. The zero-order valence-electron chi connectivity index (χ0n) is 12.7. The zero-order chi connectivity index (χ0) is 16.8. The molecular formula is C17H15BrFN3OS. The van der Waals surface area contributed by atoms with Crippen molar-refractivity contribution in [3.8, 4) is 17.1 Å². The van der Waals surface area contributed by atoms with Crippen molar-refractivity contribution in [3.63, 3.8) is 0 Å². The molecule has 4 nitrogen and oxygen atoms in total. The summed E-state index contributed by atoms with van der Waals surface area (Å²) in [6, 6.07) is 13.9. The quantitative estimate of drug-likeness (QED) is 0.445. The number of thioether (sulfide) groups is 1. The van der Waals surface area contributed by atoms with Gasteiger partial charge in [-0.2, -0.15) is 0 Å². The molecule has 0 radical (unpaired) electrons. The first-order valence-electron chi connectivity index (χ1n) is 7.41. The Labute approximate surface area is 152 Å². The molecule has 124 valence electrons. The number of rotatable bonds is 7. The largest absolute Gasteiger partial charge is 0.494 e. The number of aromatic nitrogens is 3. The molecular weight excluding hydrogens is 393 g/mol. The van der Waals surface area contributed by atoms with Gasteiger partial charge in [-0.15, -0.1) is 5.10 Å². The molecule has 2 aromatic carbocycles. The molecule has 3 rings (SSSR count). The number of ether oxygens (including phenoxy) is 1. The van der Waals surface area contributed by atoms with Crippen LogP contribution in [0.25, 0.3) is 11.4 Å². The van der Waals surface area contributed by atoms with Gasteiger partial charge in [0, 0.05) is 15.8 Å². The molecule has 3 aromatic rings. The molecule has 0 unspecified atom stereocenters. The molecule has 0 atom stereocenters. The minimum atomic E-state index is -0.261. The molecule has 0 bridgehead atoms. The number of nitrogens with one attached hydrogen (secondary N) is 1. The van der Waals surface area contributed by atoms with Crippen LogP contribution in [0, 0.1) is 5.82 Å². The van der Waals surface area contributed by atoms with Gasteiger partial charge in [-0.25, -0.2) is 9.37 Å². The number of benzene rings is 2. The molecule has 1 aromatic heterocycles. The molecule has 0 aliphatic heterocycles. The van der Waals surface area contributed by atoms with Gasteiger partial charge in [0.25, 0.3) is 0 Å². The Kier molecular flexibility index (Phi) is 5.87. The van der Waals surface area contributed by atoms with Crippen molar-refractivity contribution in [2.24, 2.45) is 0 Å². The fraction of sp³-hybridized carbons (Fsp3) is 0.176. The highest BCUT2D eigenvalue weighted by molar-refractivity contribution is 9.10. The van der Waals surface area contributed by atoms with E-state index in [1.165, 1.54) is 12.1 Å². The van der Waals surface area contributed by atoms with E-state index >= 15 is 0 Å². The van der Waals surface area contributed by atoms with E-state index in [4.69, 9.17) is 4.74 Å². The van der Waals surface area contributed by atoms with E-state index in [-0.39, 0.29) is 5.82 Å². The van der Waals surface area contributed by atoms with Crippen molar-refractivity contribution >= 4 is 27.7 Å². The Morgan fingerprint density at radius 2 is 1.92 bits per heavy atom. The maximum Gasteiger partial charge on any atom is 0.208 e. The summed E-state index contributed by atoms with van der Waals surface area (Å²) in [5.41, 5.74) is 0.983. The van der Waals surface area contributed by atoms with Crippen LogP contribution in [0.4, 0.5) is 4.39 Å². The Hall–Kier alpha value is -1.86. The molecule has 0 saturated carbocycles. The summed E-state index contributed by atoms with van der Waals surface area (Å²) in [4.78, 5) is 4.49. The van der Waals surface area contributed by atoms with Gasteiger partial charge in [-0.05, 0) is 36.8 Å². The predicted octanol–water partition coefficient (Wildman–Crippen LogP) is 4.93. The van der Waals surface area contributed by atoms with Crippen LogP contribution in [-0.4, -0.2) is 27.5 Å². The molecule has 1 heterocycles. The second kappa shape index (κ2) is 8.30. The second-order valence-corrected chi connectivity index (χ2v) is 6.87. The van der Waals surface area contributed by atoms with E-state index in [0.29, 0.717) is 17.5 Å². The molecule has 0 spiro atoms. The predicted molar refractivity (Wildman–Crippen MR) is 96.8 cm³/mol. The first-order chi connectivity index (χ1) is 11.7. The first-order valence-corrected chi connectivity index (χ1v) is 9.19. The third-order valence-corrected chi connectivity index (χ3v) is 4.82. The van der Waals surface area contributed by atoms with Crippen LogP contribution in [0.5, 0.6) is 5.75 Å². The highest BCUT2D eigenvalue weighted by atomic mass is 79.9. The van der Waals surface area contributed by atoms with E-state index in [1.807, 2.05) is 24.3 Å². The molecule has 0 aliphatic rings. The van der Waals surface area contributed by atoms with E-state index in [0.717, 1.165) is 28.0 Å². The summed E-state index contributed by atoms with van der Waals surface area (Å²) in [6.07, 6.45) is 0.848. The third-order valence-electron chi connectivity index (χ3n) is 3.20. The van der Waals surface area contributed by atoms with Crippen LogP contribution >= 0.6 is 27.7 Å². The van der Waals surface area contributed by atoms with Crippen molar-refractivity contribution in [2.75, 3.05) is 12.4 Å². The van der Waals surface area contributed by atoms with E-state index in [9.17, 15) is 4.39 Å². The molecule has 0 amide bonds. The topological polar surface area (TPSA) is 50.8 Å². The lowest BCUT2D eigenvalue weighted by atomic mass is 10.2. The van der Waals surface area contributed by atoms with Gasteiger partial charge in [0.1, 0.15) is 11.6 Å². The van der Waals surface area contributed by atoms with Gasteiger partial charge in [0.05, 0.1) is 6.61 Å². The van der Waals surface area contributed by atoms with Gasteiger partial charge in [-0.3, -0.25) is 5.10 Å². The standard InChI is InChI=1S/C17H15BrFN3OS/c18-15-5-2-1-4-14(15)16-20-17(22-21-16)24-11-3-10-23-13-8-6-12(19)7-9-13/h1-2,4-9H,3,10-11H2,(H,20,21,22). The summed E-state index contributed by atoms with van der Waals surface area (Å²) in [7, 11) is 0. The first kappa shape index (κ1) is 17.0. The number of halogens is 2. The fourth-order valence-corrected chi connectivity index (χ4v) is 3.21. The number of hydrogen-bond acceptors (Lipinski definition) is 4. The van der Waals surface area contributed by atoms with Crippen molar-refractivity contribution in [1.82, 2.24) is 15.2 Å². The smallest absolute Gasteiger partial charge is 0.208 e. The highest BCUT2D eigenvalue weighted by Gasteiger charge is 2.08. The lowest BCUT2D eigenvalue weighted by molar-refractivity contribution is 0.318. The summed E-state index contributed by atoms with van der Waals surface area (Å²) < 4.78 is 19.3. The molecule has 0 fully saturated rings. The fourth-order valence-electron chi connectivity index (χ4n) is 2.03. The Balaban J connectivity index is 1.44. The maximum absolute atomic E-state index is 12.8.